The van der Waals surface area contributed by atoms with Crippen molar-refractivity contribution < 1.29 is 13.4 Å². The third kappa shape index (κ3) is 10.4. The third-order valence-corrected chi connectivity index (χ3v) is 13.5. The minimum atomic E-state index is -2.54. The molecule has 0 heterocycles. The van der Waals surface area contributed by atoms with Gasteiger partial charge in [0.2, 0.25) is 0 Å². The minimum absolute atomic E-state index is 0.0615. The fraction of sp³-hybridized carbons (Fsp3) is 0.391. The van der Waals surface area contributed by atoms with Gasteiger partial charge in [0.15, 0.2) is 0 Å². The topological polar surface area (TPSA) is 75.3 Å². The van der Waals surface area contributed by atoms with E-state index in [2.05, 4.69) is 154 Å². The Morgan fingerprint density at radius 2 is 0.981 bits per heavy atom. The molecule has 2 unspecified atom stereocenters. The van der Waals surface area contributed by atoms with E-state index in [0.717, 1.165) is 22.6 Å². The average Bonchev–Trinajstić information content (AvgIpc) is 3.14. The highest BCUT2D eigenvalue weighted by atomic mass is 32.3. The summed E-state index contributed by atoms with van der Waals surface area (Å²) in [7, 11) is -3.73. The molecule has 0 aliphatic carbocycles. The van der Waals surface area contributed by atoms with Crippen LogP contribution in [0.25, 0.3) is 0 Å². The Bertz CT molecular complexity index is 1780. The number of rotatable bonds is 14. The molecule has 0 saturated carbocycles. The first-order valence-electron chi connectivity index (χ1n) is 18.8. The molecule has 4 aromatic rings. The summed E-state index contributed by atoms with van der Waals surface area (Å²) >= 11 is 0. The Kier molecular flexibility index (Phi) is 13.7. The monoisotopic (exact) mass is 728 g/mol. The number of allylic oxidation sites excluding steroid dienone is 1. The van der Waals surface area contributed by atoms with E-state index in [-0.39, 0.29) is 22.2 Å². The molecule has 53 heavy (non-hydrogen) atoms. The largest absolute Gasteiger partial charge is 0.799 e. The van der Waals surface area contributed by atoms with E-state index in [1.54, 1.807) is 0 Å². The maximum Gasteiger partial charge on any atom is 0.799 e. The zero-order valence-corrected chi connectivity index (χ0v) is 34.4. The summed E-state index contributed by atoms with van der Waals surface area (Å²) in [4.78, 5) is 1.86. The first kappa shape index (κ1) is 41.3. The van der Waals surface area contributed by atoms with Crippen molar-refractivity contribution in [1.82, 2.24) is 0 Å². The van der Waals surface area contributed by atoms with Crippen LogP contribution in [0.2, 0.25) is 0 Å². The van der Waals surface area contributed by atoms with E-state index >= 15 is 0 Å². The van der Waals surface area contributed by atoms with Gasteiger partial charge in [0.1, 0.15) is 29.2 Å². The average molecular weight is 729 g/mol. The van der Waals surface area contributed by atoms with Gasteiger partial charge in [-0.1, -0.05) is 128 Å². The van der Waals surface area contributed by atoms with Gasteiger partial charge in [0.05, 0.1) is 0 Å². The van der Waals surface area contributed by atoms with E-state index in [1.165, 1.54) is 22.3 Å². The highest BCUT2D eigenvalue weighted by molar-refractivity contribution is 8.30. The van der Waals surface area contributed by atoms with Crippen LogP contribution in [-0.2, 0) is 14.9 Å². The molecule has 2 atom stereocenters. The number of nitrogens with zero attached hydrogens (tertiary/aromatic N) is 2. The summed E-state index contributed by atoms with van der Waals surface area (Å²) in [6, 6.07) is 37.6. The van der Waals surface area contributed by atoms with Gasteiger partial charge in [-0.15, -0.1) is 0 Å². The van der Waals surface area contributed by atoms with Gasteiger partial charge in [-0.3, -0.25) is 0 Å². The van der Waals surface area contributed by atoms with Crippen LogP contribution in [0.15, 0.2) is 118 Å². The third-order valence-electron chi connectivity index (χ3n) is 10.1. The van der Waals surface area contributed by atoms with Gasteiger partial charge in [0.25, 0.3) is 0 Å². The van der Waals surface area contributed by atoms with Crippen molar-refractivity contribution in [1.29, 1.82) is 10.5 Å². The second-order valence-electron chi connectivity index (χ2n) is 16.1. The molecule has 0 bridgehead atoms. The van der Waals surface area contributed by atoms with Crippen LogP contribution in [-0.4, -0.2) is 13.1 Å². The molecule has 0 N–H and O–H groups in total. The van der Waals surface area contributed by atoms with E-state index in [0.29, 0.717) is 28.9 Å². The smallest absolute Gasteiger partial charge is 0.500 e. The molecule has 4 aromatic carbocycles. The van der Waals surface area contributed by atoms with Gasteiger partial charge < -0.3 is 13.4 Å². The second-order valence-corrected chi connectivity index (χ2v) is 18.9. The Balaban J connectivity index is 1.96. The summed E-state index contributed by atoms with van der Waals surface area (Å²) < 4.78 is 20.7. The minimum Gasteiger partial charge on any atom is -0.500 e. The van der Waals surface area contributed by atoms with Gasteiger partial charge in [0, 0.05) is 15.5 Å². The lowest BCUT2D eigenvalue weighted by Gasteiger charge is -2.42. The molecule has 0 fully saturated rings. The van der Waals surface area contributed by atoms with E-state index in [9.17, 15) is 10.5 Å². The number of hydrogen-bond donors (Lipinski definition) is 0. The summed E-state index contributed by atoms with van der Waals surface area (Å²) in [6.07, 6.45) is 2.08. The SMILES string of the molecule is CCC(C)c1ccc(OB(Oc2ccc(C(C)CC)cc2)OS(CC(C)=C(C#N)C#N)(c2ccc(C(C)(C)C)cc2)c2ccc(C(C)(C)C)cc2)cc1. The molecular weight excluding hydrogens is 671 g/mol. The van der Waals surface area contributed by atoms with E-state index in [4.69, 9.17) is 13.4 Å². The zero-order chi connectivity index (χ0) is 39.0. The normalized spacial score (nSPS) is 13.2. The molecule has 0 aliphatic rings. The first-order valence-corrected chi connectivity index (χ1v) is 20.5. The van der Waals surface area contributed by atoms with Crippen LogP contribution in [0.5, 0.6) is 11.5 Å². The van der Waals surface area contributed by atoms with Crippen LogP contribution >= 0.6 is 10.3 Å². The molecule has 0 amide bonds. The predicted octanol–water partition coefficient (Wildman–Crippen LogP) is 13.0. The molecule has 0 aromatic heterocycles. The van der Waals surface area contributed by atoms with Gasteiger partial charge in [-0.05, 0) is 119 Å². The van der Waals surface area contributed by atoms with Crippen molar-refractivity contribution in [2.24, 2.45) is 0 Å². The van der Waals surface area contributed by atoms with Crippen LogP contribution in [0.1, 0.15) is 123 Å². The van der Waals surface area contributed by atoms with Crippen molar-refractivity contribution >= 4 is 17.6 Å². The molecule has 0 saturated heterocycles. The second kappa shape index (κ2) is 17.6. The Morgan fingerprint density at radius 1 is 0.623 bits per heavy atom. The van der Waals surface area contributed by atoms with Gasteiger partial charge in [-0.25, -0.2) is 0 Å². The van der Waals surface area contributed by atoms with Crippen molar-refractivity contribution in [3.63, 3.8) is 0 Å². The first-order chi connectivity index (χ1) is 25.0. The maximum atomic E-state index is 10.0. The Labute approximate surface area is 321 Å². The predicted molar refractivity (Wildman–Crippen MR) is 222 cm³/mol. The molecule has 7 heteroatoms. The van der Waals surface area contributed by atoms with Crippen molar-refractivity contribution in [2.45, 2.75) is 121 Å². The van der Waals surface area contributed by atoms with Crippen LogP contribution in [0.3, 0.4) is 0 Å². The fourth-order valence-electron chi connectivity index (χ4n) is 6.03. The molecule has 0 spiro atoms. The highest BCUT2D eigenvalue weighted by Gasteiger charge is 2.42. The number of hydrogen-bond acceptors (Lipinski definition) is 5. The van der Waals surface area contributed by atoms with Crippen molar-refractivity contribution in [3.8, 4) is 23.6 Å². The summed E-state index contributed by atoms with van der Waals surface area (Å²) in [5, 5.41) is 20.0. The van der Waals surface area contributed by atoms with Crippen LogP contribution in [0.4, 0.5) is 0 Å². The molecule has 278 valence electrons. The number of benzene rings is 4. The lowest BCUT2D eigenvalue weighted by atomic mass is 9.87. The Hall–Kier alpha value is -4.43. The highest BCUT2D eigenvalue weighted by Crippen LogP contribution is 2.65. The van der Waals surface area contributed by atoms with E-state index < -0.39 is 17.6 Å². The molecular formula is C46H57BN2O3S. The van der Waals surface area contributed by atoms with Crippen LogP contribution < -0.4 is 9.31 Å². The summed E-state index contributed by atoms with van der Waals surface area (Å²) in [5.74, 6) is 2.35. The zero-order valence-electron chi connectivity index (χ0n) is 33.6. The molecule has 0 radical (unpaired) electrons. The van der Waals surface area contributed by atoms with Gasteiger partial charge in [-0.2, -0.15) is 10.5 Å². The summed E-state index contributed by atoms with van der Waals surface area (Å²) in [6.45, 7) is 23.8. The molecule has 0 aliphatic heterocycles. The lowest BCUT2D eigenvalue weighted by molar-refractivity contribution is 0.321. The summed E-state index contributed by atoms with van der Waals surface area (Å²) in [5.41, 5.74) is 5.43. The van der Waals surface area contributed by atoms with Crippen molar-refractivity contribution in [2.75, 3.05) is 5.75 Å². The maximum absolute atomic E-state index is 10.0. The number of nitriles is 2. The molecule has 5 nitrogen and oxygen atoms in total. The molecule has 4 rings (SSSR count). The van der Waals surface area contributed by atoms with Crippen molar-refractivity contribution in [3.05, 3.63) is 130 Å². The lowest BCUT2D eigenvalue weighted by Crippen LogP contribution is -2.36. The van der Waals surface area contributed by atoms with Crippen LogP contribution in [0, 0.1) is 22.7 Å². The Morgan fingerprint density at radius 3 is 1.28 bits per heavy atom. The standard InChI is InChI=1S/C46H57BN2O3S/c1-12-33(3)36-14-22-41(23-15-36)50-47(51-42-24-16-37(17-25-42)34(4)13-2)52-53(32-35(5)38(30-48)31-49,43-26-18-39(19-27-43)45(6,7)8)44-28-20-40(21-29-44)46(9,10)11/h14-29,33-34H,12-13,32H2,1-11H3. The quantitative estimate of drug-likeness (QED) is 0.0954. The van der Waals surface area contributed by atoms with Gasteiger partial charge >= 0.3 is 7.32 Å². The fourth-order valence-corrected chi connectivity index (χ4v) is 9.18. The van der Waals surface area contributed by atoms with E-state index in [1.807, 2.05) is 31.2 Å².